The first-order valence-electron chi connectivity index (χ1n) is 12.9. The number of halogens is 3. The lowest BCUT2D eigenvalue weighted by molar-refractivity contribution is -0.140. The molecule has 0 unspecified atom stereocenters. The zero-order chi connectivity index (χ0) is 30.5. The third kappa shape index (κ3) is 9.10. The molecule has 0 aromatic heterocycles. The van der Waals surface area contributed by atoms with Crippen molar-refractivity contribution in [2.45, 2.75) is 52.2 Å². The van der Waals surface area contributed by atoms with Gasteiger partial charge in [-0.3, -0.25) is 13.9 Å². The Morgan fingerprint density at radius 1 is 0.878 bits per heavy atom. The van der Waals surface area contributed by atoms with Crippen LogP contribution in [-0.4, -0.2) is 49.5 Å². The fraction of sp³-hybridized carbons (Fsp3) is 0.333. The van der Waals surface area contributed by atoms with Gasteiger partial charge in [0, 0.05) is 23.5 Å². The van der Waals surface area contributed by atoms with Crippen LogP contribution in [0.5, 0.6) is 0 Å². The molecule has 0 spiro atoms. The lowest BCUT2D eigenvalue weighted by Crippen LogP contribution is -2.56. The molecule has 0 aliphatic heterocycles. The molecule has 1 N–H and O–H groups in total. The number of nitrogens with one attached hydrogen (secondary N) is 1. The summed E-state index contributed by atoms with van der Waals surface area (Å²) in [6, 6.07) is 18.2. The lowest BCUT2D eigenvalue weighted by atomic mass is 10.0. The summed E-state index contributed by atoms with van der Waals surface area (Å²) in [6.45, 7) is 6.67. The molecule has 0 saturated carbocycles. The molecule has 2 amide bonds. The highest BCUT2D eigenvalue weighted by molar-refractivity contribution is 7.92. The van der Waals surface area contributed by atoms with E-state index in [9.17, 15) is 18.0 Å². The molecule has 0 saturated heterocycles. The van der Waals surface area contributed by atoms with E-state index in [-0.39, 0.29) is 24.6 Å². The van der Waals surface area contributed by atoms with Crippen molar-refractivity contribution >= 4 is 62.3 Å². The molecule has 1 atom stereocenters. The Kier molecular flexibility index (Phi) is 10.7. The molecule has 0 radical (unpaired) electrons. The summed E-state index contributed by atoms with van der Waals surface area (Å²) >= 11 is 18.7. The number of hydrogen-bond donors (Lipinski definition) is 1. The molecule has 220 valence electrons. The lowest BCUT2D eigenvalue weighted by Gasteiger charge is -2.35. The van der Waals surface area contributed by atoms with Gasteiger partial charge in [0.05, 0.1) is 22.0 Å². The number of anilines is 1. The van der Waals surface area contributed by atoms with E-state index in [1.54, 1.807) is 43.3 Å². The Morgan fingerprint density at radius 3 is 2.12 bits per heavy atom. The van der Waals surface area contributed by atoms with Gasteiger partial charge in [-0.2, -0.15) is 0 Å². The van der Waals surface area contributed by atoms with Crippen molar-refractivity contribution in [2.75, 3.05) is 17.1 Å². The fourth-order valence-electron chi connectivity index (χ4n) is 4.30. The Morgan fingerprint density at radius 2 is 1.54 bits per heavy atom. The van der Waals surface area contributed by atoms with E-state index in [0.29, 0.717) is 26.2 Å². The Bertz CT molecular complexity index is 1510. The average Bonchev–Trinajstić information content (AvgIpc) is 2.87. The fourth-order valence-corrected chi connectivity index (χ4v) is 5.69. The van der Waals surface area contributed by atoms with Crippen molar-refractivity contribution in [3.63, 3.8) is 0 Å². The van der Waals surface area contributed by atoms with Gasteiger partial charge in [-0.15, -0.1) is 0 Å². The van der Waals surface area contributed by atoms with Gasteiger partial charge < -0.3 is 10.2 Å². The predicted octanol–water partition coefficient (Wildman–Crippen LogP) is 6.28. The van der Waals surface area contributed by atoms with E-state index in [2.05, 4.69) is 5.32 Å². The average molecular weight is 639 g/mol. The van der Waals surface area contributed by atoms with Gasteiger partial charge in [-0.25, -0.2) is 8.42 Å². The second kappa shape index (κ2) is 13.5. The molecule has 0 aliphatic rings. The van der Waals surface area contributed by atoms with Crippen LogP contribution in [0.1, 0.15) is 37.5 Å². The van der Waals surface area contributed by atoms with Crippen LogP contribution in [0, 0.1) is 6.92 Å². The third-order valence-electron chi connectivity index (χ3n) is 6.29. The van der Waals surface area contributed by atoms with Gasteiger partial charge in [-0.05, 0) is 68.7 Å². The maximum atomic E-state index is 14.2. The minimum atomic E-state index is -3.92. The number of carbonyl (C=O) groups excluding carboxylic acids is 2. The molecular weight excluding hydrogens is 605 g/mol. The first-order valence-corrected chi connectivity index (χ1v) is 15.9. The van der Waals surface area contributed by atoms with Crippen LogP contribution in [0.25, 0.3) is 0 Å². The number of amides is 2. The topological polar surface area (TPSA) is 86.8 Å². The van der Waals surface area contributed by atoms with Crippen LogP contribution in [-0.2, 0) is 32.6 Å². The minimum absolute atomic E-state index is 0.0169. The van der Waals surface area contributed by atoms with Crippen molar-refractivity contribution in [1.82, 2.24) is 10.2 Å². The zero-order valence-corrected chi connectivity index (χ0v) is 26.7. The predicted molar refractivity (Wildman–Crippen MR) is 167 cm³/mol. The van der Waals surface area contributed by atoms with E-state index in [4.69, 9.17) is 34.8 Å². The molecule has 0 aliphatic carbocycles. The van der Waals surface area contributed by atoms with Gasteiger partial charge in [0.25, 0.3) is 0 Å². The molecule has 3 aromatic rings. The van der Waals surface area contributed by atoms with Crippen molar-refractivity contribution in [3.05, 3.63) is 98.5 Å². The number of sulfonamides is 1. The molecule has 7 nitrogen and oxygen atoms in total. The highest BCUT2D eigenvalue weighted by Gasteiger charge is 2.34. The quantitative estimate of drug-likeness (QED) is 0.283. The standard InChI is InChI=1S/C30H34Cl3N3O4S/c1-20-23(31)12-9-13-26(20)36(41(5,39)40)19-28(37)35(18-22-14-15-24(32)25(33)16-22)27(29(38)34-30(2,3)4)17-21-10-7-6-8-11-21/h6-16,27H,17-19H2,1-5H3,(H,34,38)/t27-/m0/s1. The minimum Gasteiger partial charge on any atom is -0.350 e. The summed E-state index contributed by atoms with van der Waals surface area (Å²) in [5.74, 6) is -0.953. The summed E-state index contributed by atoms with van der Waals surface area (Å²) < 4.78 is 27.0. The summed E-state index contributed by atoms with van der Waals surface area (Å²) in [5, 5.41) is 3.99. The van der Waals surface area contributed by atoms with E-state index < -0.39 is 34.1 Å². The van der Waals surface area contributed by atoms with Gasteiger partial charge in [0.1, 0.15) is 12.6 Å². The Labute approximate surface area is 257 Å². The van der Waals surface area contributed by atoms with Gasteiger partial charge in [-0.1, -0.05) is 77.3 Å². The normalized spacial score (nSPS) is 12.5. The highest BCUT2D eigenvalue weighted by Crippen LogP contribution is 2.29. The van der Waals surface area contributed by atoms with Crippen LogP contribution in [0.4, 0.5) is 5.69 Å². The molecule has 0 fully saturated rings. The monoisotopic (exact) mass is 637 g/mol. The summed E-state index contributed by atoms with van der Waals surface area (Å²) in [7, 11) is -3.92. The number of rotatable bonds is 10. The molecule has 3 aromatic carbocycles. The third-order valence-corrected chi connectivity index (χ3v) is 8.57. The van der Waals surface area contributed by atoms with Crippen molar-refractivity contribution < 1.29 is 18.0 Å². The van der Waals surface area contributed by atoms with Crippen molar-refractivity contribution in [1.29, 1.82) is 0 Å². The molecule has 3 rings (SSSR count). The summed E-state index contributed by atoms with van der Waals surface area (Å²) in [5.41, 5.74) is 1.66. The highest BCUT2D eigenvalue weighted by atomic mass is 35.5. The molecule has 11 heteroatoms. The molecule has 41 heavy (non-hydrogen) atoms. The van der Waals surface area contributed by atoms with Crippen LogP contribution in [0.3, 0.4) is 0 Å². The number of carbonyl (C=O) groups is 2. The molecule has 0 heterocycles. The second-order valence-corrected chi connectivity index (χ2v) is 14.0. The summed E-state index contributed by atoms with van der Waals surface area (Å²) in [6.07, 6.45) is 1.22. The van der Waals surface area contributed by atoms with Crippen molar-refractivity contribution in [2.24, 2.45) is 0 Å². The summed E-state index contributed by atoms with van der Waals surface area (Å²) in [4.78, 5) is 29.3. The Hall–Kier alpha value is -2.78. The SMILES string of the molecule is Cc1c(Cl)cccc1N(CC(=O)N(Cc1ccc(Cl)c(Cl)c1)[C@@H](Cc1ccccc1)C(=O)NC(C)(C)C)S(C)(=O)=O. The number of benzene rings is 3. The van der Waals surface area contributed by atoms with Crippen molar-refractivity contribution in [3.8, 4) is 0 Å². The van der Waals surface area contributed by atoms with Crippen LogP contribution in [0.2, 0.25) is 15.1 Å². The van der Waals surface area contributed by atoms with E-state index in [0.717, 1.165) is 16.1 Å². The maximum absolute atomic E-state index is 14.2. The second-order valence-electron chi connectivity index (χ2n) is 10.9. The van der Waals surface area contributed by atoms with E-state index >= 15 is 0 Å². The number of hydrogen-bond acceptors (Lipinski definition) is 4. The van der Waals surface area contributed by atoms with Gasteiger partial charge >= 0.3 is 0 Å². The Balaban J connectivity index is 2.12. The first kappa shape index (κ1) is 32.7. The molecular formula is C30H34Cl3N3O4S. The van der Waals surface area contributed by atoms with E-state index in [1.807, 2.05) is 51.1 Å². The maximum Gasteiger partial charge on any atom is 0.244 e. The largest absolute Gasteiger partial charge is 0.350 e. The van der Waals surface area contributed by atoms with Crippen LogP contribution >= 0.6 is 34.8 Å². The van der Waals surface area contributed by atoms with E-state index in [1.165, 1.54) is 4.90 Å². The smallest absolute Gasteiger partial charge is 0.244 e. The van der Waals surface area contributed by atoms with Crippen LogP contribution < -0.4 is 9.62 Å². The molecule has 0 bridgehead atoms. The zero-order valence-electron chi connectivity index (χ0n) is 23.6. The number of nitrogens with zero attached hydrogens (tertiary/aromatic N) is 2. The van der Waals surface area contributed by atoms with Gasteiger partial charge in [0.2, 0.25) is 21.8 Å². The van der Waals surface area contributed by atoms with Crippen LogP contribution in [0.15, 0.2) is 66.7 Å². The first-order chi connectivity index (χ1) is 19.1. The van der Waals surface area contributed by atoms with Gasteiger partial charge in [0.15, 0.2) is 0 Å².